The molecule has 0 radical (unpaired) electrons. The number of nitrogens with one attached hydrogen (secondary N) is 2. The van der Waals surface area contributed by atoms with Gasteiger partial charge in [-0.25, -0.2) is 0 Å². The van der Waals surface area contributed by atoms with Gasteiger partial charge >= 0.3 is 0 Å². The minimum atomic E-state index is -0.201. The number of nitrogens with zero attached hydrogens (tertiary/aromatic N) is 1. The second-order valence-electron chi connectivity index (χ2n) is 10.6. The van der Waals surface area contributed by atoms with E-state index in [0.717, 1.165) is 32.5 Å². The lowest BCUT2D eigenvalue weighted by Crippen LogP contribution is -2.63. The van der Waals surface area contributed by atoms with Gasteiger partial charge in [-0.1, -0.05) is 27.7 Å². The van der Waals surface area contributed by atoms with Gasteiger partial charge < -0.3 is 21.6 Å². The quantitative estimate of drug-likeness (QED) is 0.546. The van der Waals surface area contributed by atoms with E-state index in [1.54, 1.807) is 5.06 Å². The fraction of sp³-hybridized carbons (Fsp3) is 1.00. The Kier molecular flexibility index (Phi) is 6.90. The average molecular weight is 343 g/mol. The Labute approximate surface area is 149 Å². The Balaban J connectivity index is 2.49. The first-order valence-electron chi connectivity index (χ1n) is 9.34. The lowest BCUT2D eigenvalue weighted by Gasteiger charge is -2.52. The predicted octanol–water partition coefficient (Wildman–Crippen LogP) is 2.59. The van der Waals surface area contributed by atoms with Crippen LogP contribution in [0.2, 0.25) is 0 Å². The van der Waals surface area contributed by atoms with Crippen LogP contribution in [0.1, 0.15) is 68.2 Å². The van der Waals surface area contributed by atoms with Gasteiger partial charge in [-0.05, 0) is 57.9 Å². The Hall–Kier alpha value is -0.200. The van der Waals surface area contributed by atoms with Gasteiger partial charge in [0.25, 0.3) is 0 Å². The zero-order valence-corrected chi connectivity index (χ0v) is 17.3. The van der Waals surface area contributed by atoms with Gasteiger partial charge in [-0.3, -0.25) is 0 Å². The summed E-state index contributed by atoms with van der Waals surface area (Å²) in [6, 6.07) is 0.429. The number of nitrogens with two attached hydrogens (primary N) is 1. The van der Waals surface area contributed by atoms with E-state index in [9.17, 15) is 5.21 Å². The number of piperidine rings is 1. The standard InChI is InChI=1S/C19H42N4O/c1-16(2,11-20)12-21-13-17(3,4)14-22-15-9-18(5,6)23(24)19(7,8)10-15/h15,21-22,24H,9-14,20H2,1-8H3. The summed E-state index contributed by atoms with van der Waals surface area (Å²) in [5.74, 6) is 0. The van der Waals surface area contributed by atoms with Crippen LogP contribution in [-0.2, 0) is 0 Å². The third-order valence-electron chi connectivity index (χ3n) is 5.27. The van der Waals surface area contributed by atoms with Crippen LogP contribution in [0.4, 0.5) is 0 Å². The number of hydrogen-bond acceptors (Lipinski definition) is 5. The lowest BCUT2D eigenvalue weighted by molar-refractivity contribution is -0.246. The Bertz CT molecular complexity index is 386. The average Bonchev–Trinajstić information content (AvgIpc) is 2.42. The van der Waals surface area contributed by atoms with Crippen molar-refractivity contribution in [1.82, 2.24) is 15.7 Å². The zero-order chi connectivity index (χ0) is 18.8. The summed E-state index contributed by atoms with van der Waals surface area (Å²) in [6.07, 6.45) is 1.91. The lowest BCUT2D eigenvalue weighted by atomic mass is 9.78. The molecule has 1 aliphatic rings. The van der Waals surface area contributed by atoms with E-state index in [4.69, 9.17) is 5.73 Å². The molecule has 0 aromatic heterocycles. The summed E-state index contributed by atoms with van der Waals surface area (Å²) in [6.45, 7) is 21.0. The van der Waals surface area contributed by atoms with Crippen LogP contribution in [0.5, 0.6) is 0 Å². The normalized spacial score (nSPS) is 22.8. The molecular formula is C19H42N4O. The molecule has 0 unspecified atom stereocenters. The fourth-order valence-electron chi connectivity index (χ4n) is 3.71. The number of hydroxylamine groups is 2. The van der Waals surface area contributed by atoms with Gasteiger partial charge in [-0.2, -0.15) is 5.06 Å². The molecule has 24 heavy (non-hydrogen) atoms. The summed E-state index contributed by atoms with van der Waals surface area (Å²) in [5.41, 5.74) is 5.72. The van der Waals surface area contributed by atoms with Crippen molar-refractivity contribution >= 4 is 0 Å². The molecule has 0 amide bonds. The zero-order valence-electron chi connectivity index (χ0n) is 17.3. The second-order valence-corrected chi connectivity index (χ2v) is 10.6. The maximum absolute atomic E-state index is 10.4. The molecule has 5 nitrogen and oxygen atoms in total. The first kappa shape index (κ1) is 21.8. The first-order valence-corrected chi connectivity index (χ1v) is 9.34. The minimum Gasteiger partial charge on any atom is -0.330 e. The monoisotopic (exact) mass is 342 g/mol. The summed E-state index contributed by atoms with van der Waals surface area (Å²) in [7, 11) is 0. The molecule has 0 saturated carbocycles. The van der Waals surface area contributed by atoms with E-state index >= 15 is 0 Å². The SMILES string of the molecule is CC(C)(CN)CNCC(C)(C)CNC1CC(C)(C)N(O)C(C)(C)C1. The van der Waals surface area contributed by atoms with Crippen LogP contribution < -0.4 is 16.4 Å². The van der Waals surface area contributed by atoms with Gasteiger partial charge in [0.2, 0.25) is 0 Å². The fourth-order valence-corrected chi connectivity index (χ4v) is 3.71. The molecule has 0 aromatic carbocycles. The Morgan fingerprint density at radius 2 is 1.42 bits per heavy atom. The summed E-state index contributed by atoms with van der Waals surface area (Å²) >= 11 is 0. The van der Waals surface area contributed by atoms with Crippen LogP contribution >= 0.6 is 0 Å². The van der Waals surface area contributed by atoms with Crippen molar-refractivity contribution in [2.24, 2.45) is 16.6 Å². The van der Waals surface area contributed by atoms with E-state index in [1.807, 2.05) is 0 Å². The summed E-state index contributed by atoms with van der Waals surface area (Å²) in [5, 5.41) is 19.3. The van der Waals surface area contributed by atoms with E-state index in [1.165, 1.54) is 0 Å². The molecule has 5 N–H and O–H groups in total. The predicted molar refractivity (Wildman–Crippen MR) is 102 cm³/mol. The highest BCUT2D eigenvalue weighted by Gasteiger charge is 2.45. The molecule has 1 aliphatic heterocycles. The van der Waals surface area contributed by atoms with Crippen LogP contribution in [0.15, 0.2) is 0 Å². The molecule has 0 bridgehead atoms. The third kappa shape index (κ3) is 6.26. The van der Waals surface area contributed by atoms with Crippen molar-refractivity contribution in [2.75, 3.05) is 26.2 Å². The Morgan fingerprint density at radius 3 is 1.88 bits per heavy atom. The largest absolute Gasteiger partial charge is 0.330 e. The minimum absolute atomic E-state index is 0.144. The molecule has 0 aliphatic carbocycles. The van der Waals surface area contributed by atoms with E-state index in [-0.39, 0.29) is 21.9 Å². The van der Waals surface area contributed by atoms with E-state index in [2.05, 4.69) is 66.0 Å². The van der Waals surface area contributed by atoms with Gasteiger partial charge in [0.05, 0.1) is 0 Å². The molecule has 1 fully saturated rings. The summed E-state index contributed by atoms with van der Waals surface area (Å²) in [4.78, 5) is 0. The van der Waals surface area contributed by atoms with E-state index in [0.29, 0.717) is 12.6 Å². The molecule has 1 heterocycles. The van der Waals surface area contributed by atoms with Gasteiger partial charge in [-0.15, -0.1) is 0 Å². The van der Waals surface area contributed by atoms with Crippen molar-refractivity contribution < 1.29 is 5.21 Å². The molecule has 0 aromatic rings. The van der Waals surface area contributed by atoms with Crippen molar-refractivity contribution in [2.45, 2.75) is 85.4 Å². The molecular weight excluding hydrogens is 300 g/mol. The van der Waals surface area contributed by atoms with Crippen LogP contribution in [0, 0.1) is 10.8 Å². The van der Waals surface area contributed by atoms with Crippen LogP contribution in [0.3, 0.4) is 0 Å². The van der Waals surface area contributed by atoms with Crippen molar-refractivity contribution in [3.8, 4) is 0 Å². The van der Waals surface area contributed by atoms with Crippen molar-refractivity contribution in [3.63, 3.8) is 0 Å². The number of rotatable bonds is 8. The Morgan fingerprint density at radius 1 is 0.958 bits per heavy atom. The molecule has 5 heteroatoms. The maximum atomic E-state index is 10.4. The first-order chi connectivity index (χ1) is 10.7. The molecule has 144 valence electrons. The van der Waals surface area contributed by atoms with Crippen LogP contribution in [0.25, 0.3) is 0 Å². The highest BCUT2D eigenvalue weighted by molar-refractivity contribution is 4.99. The molecule has 0 atom stereocenters. The highest BCUT2D eigenvalue weighted by atomic mass is 16.5. The maximum Gasteiger partial charge on any atom is 0.0425 e. The smallest absolute Gasteiger partial charge is 0.0425 e. The molecule has 1 saturated heterocycles. The topological polar surface area (TPSA) is 73.5 Å². The summed E-state index contributed by atoms with van der Waals surface area (Å²) < 4.78 is 0. The molecule has 0 spiro atoms. The van der Waals surface area contributed by atoms with Crippen molar-refractivity contribution in [1.29, 1.82) is 0 Å². The van der Waals surface area contributed by atoms with Crippen LogP contribution in [-0.4, -0.2) is 53.6 Å². The van der Waals surface area contributed by atoms with Gasteiger partial charge in [0, 0.05) is 36.8 Å². The van der Waals surface area contributed by atoms with Gasteiger partial charge in [0.1, 0.15) is 0 Å². The highest BCUT2D eigenvalue weighted by Crippen LogP contribution is 2.36. The second kappa shape index (κ2) is 7.58. The number of hydrogen-bond donors (Lipinski definition) is 4. The third-order valence-corrected chi connectivity index (χ3v) is 5.27. The molecule has 1 rings (SSSR count). The van der Waals surface area contributed by atoms with E-state index < -0.39 is 0 Å². The van der Waals surface area contributed by atoms with Gasteiger partial charge in [0.15, 0.2) is 0 Å². The van der Waals surface area contributed by atoms with Crippen molar-refractivity contribution in [3.05, 3.63) is 0 Å².